The molecule has 3 nitrogen and oxygen atoms in total. The molecule has 0 spiro atoms. The molecular formula is C31H25FN2O. The summed E-state index contributed by atoms with van der Waals surface area (Å²) in [7, 11) is 0. The number of hydrogen-bond acceptors (Lipinski definition) is 2. The lowest BCUT2D eigenvalue weighted by atomic mass is 9.88. The number of amides is 1. The number of halogens is 1. The zero-order valence-corrected chi connectivity index (χ0v) is 19.2. The molecule has 5 aromatic rings. The fraction of sp³-hybridized carbons (Fsp3) is 0.0968. The molecule has 0 aliphatic rings. The normalized spacial score (nSPS) is 11.0. The molecule has 172 valence electrons. The summed E-state index contributed by atoms with van der Waals surface area (Å²) >= 11 is 0. The van der Waals surface area contributed by atoms with E-state index in [4.69, 9.17) is 0 Å². The summed E-state index contributed by atoms with van der Waals surface area (Å²) in [5.74, 6) is -0.474. The standard InChI is InChI=1S/C31H25FN2O/c32-25-16-17-29-27(20-25)28(21-30(34-29)24-14-8-3-9-15-24)31(35)33-19-18-26(22-10-4-1-5-11-22)23-12-6-2-7-13-23/h1-17,20-21,26H,18-19H2,(H,33,35). The van der Waals surface area contributed by atoms with Crippen molar-refractivity contribution in [3.63, 3.8) is 0 Å². The number of hydrogen-bond donors (Lipinski definition) is 1. The Bertz CT molecular complexity index is 1400. The average Bonchev–Trinajstić information content (AvgIpc) is 2.92. The zero-order chi connectivity index (χ0) is 24.0. The molecular weight excluding hydrogens is 435 g/mol. The number of benzene rings is 4. The Hall–Kier alpha value is -4.31. The van der Waals surface area contributed by atoms with Gasteiger partial charge in [0.1, 0.15) is 5.82 Å². The highest BCUT2D eigenvalue weighted by molar-refractivity contribution is 6.07. The molecule has 0 saturated carbocycles. The van der Waals surface area contributed by atoms with E-state index in [0.29, 0.717) is 28.7 Å². The van der Waals surface area contributed by atoms with Crippen LogP contribution in [0.1, 0.15) is 33.8 Å². The van der Waals surface area contributed by atoms with Crippen LogP contribution >= 0.6 is 0 Å². The fourth-order valence-corrected chi connectivity index (χ4v) is 4.46. The van der Waals surface area contributed by atoms with E-state index < -0.39 is 5.82 Å². The van der Waals surface area contributed by atoms with Crippen molar-refractivity contribution in [2.24, 2.45) is 0 Å². The van der Waals surface area contributed by atoms with Crippen LogP contribution in [0.15, 0.2) is 115 Å². The van der Waals surface area contributed by atoms with E-state index in [-0.39, 0.29) is 11.8 Å². The molecule has 0 radical (unpaired) electrons. The first-order chi connectivity index (χ1) is 17.2. The van der Waals surface area contributed by atoms with Gasteiger partial charge in [0.05, 0.1) is 16.8 Å². The van der Waals surface area contributed by atoms with Crippen LogP contribution in [0.5, 0.6) is 0 Å². The second-order valence-electron chi connectivity index (χ2n) is 8.50. The molecule has 0 aliphatic carbocycles. The number of carbonyl (C=O) groups is 1. The Morgan fingerprint density at radius 3 is 2.00 bits per heavy atom. The topological polar surface area (TPSA) is 42.0 Å². The Labute approximate surface area is 204 Å². The lowest BCUT2D eigenvalue weighted by molar-refractivity contribution is 0.0954. The van der Waals surface area contributed by atoms with Crippen LogP contribution in [0, 0.1) is 5.82 Å². The maximum absolute atomic E-state index is 14.1. The molecule has 1 heterocycles. The van der Waals surface area contributed by atoms with Crippen molar-refractivity contribution in [3.8, 4) is 11.3 Å². The fourth-order valence-electron chi connectivity index (χ4n) is 4.46. The summed E-state index contributed by atoms with van der Waals surface area (Å²) in [6.45, 7) is 0.479. The zero-order valence-electron chi connectivity index (χ0n) is 19.2. The largest absolute Gasteiger partial charge is 0.352 e. The van der Waals surface area contributed by atoms with E-state index in [1.54, 1.807) is 12.1 Å². The predicted octanol–water partition coefficient (Wildman–Crippen LogP) is 6.99. The number of nitrogens with zero attached hydrogens (tertiary/aromatic N) is 1. The maximum Gasteiger partial charge on any atom is 0.252 e. The van der Waals surface area contributed by atoms with Gasteiger partial charge < -0.3 is 5.32 Å². The van der Waals surface area contributed by atoms with Gasteiger partial charge in [-0.15, -0.1) is 0 Å². The average molecular weight is 461 g/mol. The molecule has 1 amide bonds. The van der Waals surface area contributed by atoms with E-state index in [1.165, 1.54) is 23.3 Å². The highest BCUT2D eigenvalue weighted by Gasteiger charge is 2.17. The van der Waals surface area contributed by atoms with Crippen molar-refractivity contribution < 1.29 is 9.18 Å². The summed E-state index contributed by atoms with van der Waals surface area (Å²) in [4.78, 5) is 18.0. The summed E-state index contributed by atoms with van der Waals surface area (Å²) in [5.41, 5.74) is 5.00. The summed E-state index contributed by atoms with van der Waals surface area (Å²) < 4.78 is 14.1. The van der Waals surface area contributed by atoms with E-state index in [2.05, 4.69) is 34.6 Å². The molecule has 4 heteroatoms. The summed E-state index contributed by atoms with van der Waals surface area (Å²) in [6.07, 6.45) is 0.739. The predicted molar refractivity (Wildman–Crippen MR) is 139 cm³/mol. The molecule has 0 unspecified atom stereocenters. The highest BCUT2D eigenvalue weighted by atomic mass is 19.1. The lowest BCUT2D eigenvalue weighted by Crippen LogP contribution is -2.26. The second kappa shape index (κ2) is 10.3. The molecule has 0 bridgehead atoms. The first-order valence-corrected chi connectivity index (χ1v) is 11.7. The molecule has 1 N–H and O–H groups in total. The Balaban J connectivity index is 1.41. The minimum Gasteiger partial charge on any atom is -0.352 e. The summed E-state index contributed by atoms with van der Waals surface area (Å²) in [6, 6.07) is 36.4. The number of rotatable bonds is 7. The number of pyridine rings is 1. The minimum absolute atomic E-state index is 0.157. The van der Waals surface area contributed by atoms with Crippen LogP contribution in [0.2, 0.25) is 0 Å². The van der Waals surface area contributed by atoms with Gasteiger partial charge in [-0.2, -0.15) is 0 Å². The molecule has 0 atom stereocenters. The Morgan fingerprint density at radius 2 is 1.37 bits per heavy atom. The van der Waals surface area contributed by atoms with Crippen LogP contribution in [0.4, 0.5) is 4.39 Å². The van der Waals surface area contributed by atoms with Gasteiger partial charge in [-0.25, -0.2) is 9.37 Å². The monoisotopic (exact) mass is 460 g/mol. The van der Waals surface area contributed by atoms with Crippen molar-refractivity contribution >= 4 is 16.8 Å². The molecule has 4 aromatic carbocycles. The smallest absolute Gasteiger partial charge is 0.252 e. The van der Waals surface area contributed by atoms with Gasteiger partial charge in [0, 0.05) is 23.4 Å². The molecule has 0 fully saturated rings. The third-order valence-electron chi connectivity index (χ3n) is 6.21. The van der Waals surface area contributed by atoms with Gasteiger partial charge in [0.2, 0.25) is 0 Å². The summed E-state index contributed by atoms with van der Waals surface area (Å²) in [5, 5.41) is 3.57. The van der Waals surface area contributed by atoms with Crippen LogP contribution in [0.25, 0.3) is 22.2 Å². The maximum atomic E-state index is 14.1. The third-order valence-corrected chi connectivity index (χ3v) is 6.21. The molecule has 5 rings (SSSR count). The quantitative estimate of drug-likeness (QED) is 0.284. The van der Waals surface area contributed by atoms with Gasteiger partial charge in [-0.1, -0.05) is 91.0 Å². The van der Waals surface area contributed by atoms with Gasteiger partial charge in [-0.05, 0) is 41.8 Å². The van der Waals surface area contributed by atoms with Crippen LogP contribution < -0.4 is 5.32 Å². The third kappa shape index (κ3) is 5.12. The molecule has 1 aromatic heterocycles. The van der Waals surface area contributed by atoms with Crippen molar-refractivity contribution in [2.75, 3.05) is 6.54 Å². The molecule has 0 saturated heterocycles. The minimum atomic E-state index is -0.394. The SMILES string of the molecule is O=C(NCCC(c1ccccc1)c1ccccc1)c1cc(-c2ccccc2)nc2ccc(F)cc12. The van der Waals surface area contributed by atoms with Crippen LogP contribution in [0.3, 0.4) is 0 Å². The number of nitrogens with one attached hydrogen (secondary N) is 1. The first-order valence-electron chi connectivity index (χ1n) is 11.7. The Kier molecular flexibility index (Phi) is 6.62. The van der Waals surface area contributed by atoms with E-state index in [9.17, 15) is 9.18 Å². The van der Waals surface area contributed by atoms with E-state index in [0.717, 1.165) is 12.0 Å². The van der Waals surface area contributed by atoms with Crippen molar-refractivity contribution in [3.05, 3.63) is 138 Å². The highest BCUT2D eigenvalue weighted by Crippen LogP contribution is 2.28. The second-order valence-corrected chi connectivity index (χ2v) is 8.50. The van der Waals surface area contributed by atoms with E-state index in [1.807, 2.05) is 66.7 Å². The molecule has 35 heavy (non-hydrogen) atoms. The number of carbonyl (C=O) groups excluding carboxylic acids is 1. The van der Waals surface area contributed by atoms with E-state index >= 15 is 0 Å². The van der Waals surface area contributed by atoms with Crippen molar-refractivity contribution in [1.82, 2.24) is 10.3 Å². The van der Waals surface area contributed by atoms with Gasteiger partial charge >= 0.3 is 0 Å². The van der Waals surface area contributed by atoms with Crippen molar-refractivity contribution in [1.29, 1.82) is 0 Å². The van der Waals surface area contributed by atoms with Crippen LogP contribution in [-0.4, -0.2) is 17.4 Å². The van der Waals surface area contributed by atoms with Crippen LogP contribution in [-0.2, 0) is 0 Å². The molecule has 0 aliphatic heterocycles. The lowest BCUT2D eigenvalue weighted by Gasteiger charge is -2.19. The first kappa shape index (κ1) is 22.5. The van der Waals surface area contributed by atoms with Gasteiger partial charge in [0.25, 0.3) is 5.91 Å². The number of fused-ring (bicyclic) bond motifs is 1. The van der Waals surface area contributed by atoms with Gasteiger partial charge in [-0.3, -0.25) is 4.79 Å². The number of aromatic nitrogens is 1. The van der Waals surface area contributed by atoms with Crippen molar-refractivity contribution in [2.45, 2.75) is 12.3 Å². The Morgan fingerprint density at radius 1 is 0.771 bits per heavy atom. The van der Waals surface area contributed by atoms with Gasteiger partial charge in [0.15, 0.2) is 0 Å².